The van der Waals surface area contributed by atoms with Gasteiger partial charge in [0.15, 0.2) is 6.10 Å². The number of ether oxygens (including phenoxy) is 4. The van der Waals surface area contributed by atoms with Crippen LogP contribution in [0.15, 0.2) is 97.2 Å². The summed E-state index contributed by atoms with van der Waals surface area (Å²) in [7, 11) is 5.98. The monoisotopic (exact) mass is 1190 g/mol. The Labute approximate surface area is 524 Å². The summed E-state index contributed by atoms with van der Waals surface area (Å²) in [5.41, 5.74) is 0. The van der Waals surface area contributed by atoms with Gasteiger partial charge >= 0.3 is 17.9 Å². The first-order chi connectivity index (χ1) is 41.6. The lowest BCUT2D eigenvalue weighted by Gasteiger charge is -2.25. The first-order valence-electron chi connectivity index (χ1n) is 35.4. The SMILES string of the molecule is CC/C=C\C/C=C\C/C=C\C/C=C\C/C=C\CCCCCCCCCCCCCC(=O)OC(COC(=O)CCCCCCCCCCCCCCCCCCCC/C=C\C/C=C\C/C=C\CCCCCCC)COC(OCC[N+](C)(C)C)C(=O)O. The zero-order chi connectivity index (χ0) is 61.9. The minimum atomic E-state index is -1.52. The maximum Gasteiger partial charge on any atom is 0.361 e. The molecule has 85 heavy (non-hydrogen) atoms. The molecule has 0 aliphatic carbocycles. The second-order valence-corrected chi connectivity index (χ2v) is 24.8. The lowest BCUT2D eigenvalue weighted by molar-refractivity contribution is -0.870. The highest BCUT2D eigenvalue weighted by Crippen LogP contribution is 2.17. The van der Waals surface area contributed by atoms with Crippen molar-refractivity contribution in [1.29, 1.82) is 0 Å². The molecule has 9 heteroatoms. The normalized spacial score (nSPS) is 13.3. The van der Waals surface area contributed by atoms with Gasteiger partial charge in [-0.2, -0.15) is 0 Å². The highest BCUT2D eigenvalue weighted by atomic mass is 16.7. The Kier molecular flexibility index (Phi) is 63.2. The minimum Gasteiger partial charge on any atom is -0.477 e. The fourth-order valence-corrected chi connectivity index (χ4v) is 9.93. The number of carboxylic acid groups (broad SMARTS) is 1. The van der Waals surface area contributed by atoms with Gasteiger partial charge in [0.25, 0.3) is 6.29 Å². The number of carbonyl (C=O) groups is 3. The molecule has 0 fully saturated rings. The van der Waals surface area contributed by atoms with Crippen LogP contribution in [-0.2, 0) is 33.3 Å². The molecular weight excluding hydrogens is 1050 g/mol. The highest BCUT2D eigenvalue weighted by Gasteiger charge is 2.25. The quantitative estimate of drug-likeness (QED) is 0.0211. The number of esters is 2. The van der Waals surface area contributed by atoms with E-state index in [4.69, 9.17) is 18.9 Å². The van der Waals surface area contributed by atoms with Gasteiger partial charge in [0.05, 0.1) is 34.4 Å². The van der Waals surface area contributed by atoms with Crippen molar-refractivity contribution < 1.29 is 42.9 Å². The van der Waals surface area contributed by atoms with Crippen molar-refractivity contribution in [3.05, 3.63) is 97.2 Å². The maximum atomic E-state index is 12.9. The van der Waals surface area contributed by atoms with Crippen LogP contribution in [0.5, 0.6) is 0 Å². The summed E-state index contributed by atoms with van der Waals surface area (Å²) < 4.78 is 23.0. The predicted octanol–water partition coefficient (Wildman–Crippen LogP) is 22.0. The van der Waals surface area contributed by atoms with E-state index in [1.165, 1.54) is 193 Å². The van der Waals surface area contributed by atoms with Crippen LogP contribution < -0.4 is 0 Å². The number of likely N-dealkylation sites (N-methyl/N-ethyl adjacent to an activating group) is 1. The smallest absolute Gasteiger partial charge is 0.361 e. The van der Waals surface area contributed by atoms with E-state index in [1.54, 1.807) is 0 Å². The van der Waals surface area contributed by atoms with Crippen molar-refractivity contribution in [3.63, 3.8) is 0 Å². The Bertz CT molecular complexity index is 1720. The van der Waals surface area contributed by atoms with E-state index in [2.05, 4.69) is 111 Å². The third-order valence-corrected chi connectivity index (χ3v) is 15.3. The number of aliphatic carboxylic acids is 1. The third-order valence-electron chi connectivity index (χ3n) is 15.3. The predicted molar refractivity (Wildman–Crippen MR) is 364 cm³/mol. The number of carbonyl (C=O) groups excluding carboxylic acids is 2. The lowest BCUT2D eigenvalue weighted by Crippen LogP contribution is -2.40. The van der Waals surface area contributed by atoms with Crippen LogP contribution in [-0.4, -0.2) is 87.4 Å². The van der Waals surface area contributed by atoms with Gasteiger partial charge in [0, 0.05) is 12.8 Å². The molecule has 0 saturated carbocycles. The van der Waals surface area contributed by atoms with Gasteiger partial charge in [-0.15, -0.1) is 0 Å². The van der Waals surface area contributed by atoms with Crippen LogP contribution in [0.1, 0.15) is 309 Å². The lowest BCUT2D eigenvalue weighted by atomic mass is 10.0. The molecule has 0 spiro atoms. The fraction of sp³-hybridized carbons (Fsp3) is 0.750. The van der Waals surface area contributed by atoms with E-state index >= 15 is 0 Å². The molecule has 0 aromatic carbocycles. The summed E-state index contributed by atoms with van der Waals surface area (Å²) in [5.74, 6) is -2.00. The molecule has 1 N–H and O–H groups in total. The van der Waals surface area contributed by atoms with Gasteiger partial charge in [-0.3, -0.25) is 9.59 Å². The maximum absolute atomic E-state index is 12.9. The average molecular weight is 1190 g/mol. The first kappa shape index (κ1) is 81.2. The summed E-state index contributed by atoms with van der Waals surface area (Å²) in [6.07, 6.45) is 88.0. The highest BCUT2D eigenvalue weighted by molar-refractivity contribution is 5.71. The summed E-state index contributed by atoms with van der Waals surface area (Å²) in [4.78, 5) is 37.6. The standard InChI is InChI=1S/C76H133NO8/c1-6-8-10-12-14-16-18-20-22-24-26-28-30-32-34-35-36-37-38-39-41-42-44-46-48-50-52-54-56-58-60-62-64-66-73(78)83-70-72(71-84-76(75(80)81)82-69-68-77(3,4)5)85-74(79)67-65-63-61-59-57-55-53-51-49-47-45-43-40-33-31-29-27-25-23-21-19-17-15-13-11-9-7-2/h9,11,15,17-18,20-21,23-24,26-27,29-30,32-33,40,72,76H,6-8,10,12-14,16,19,22,25,28,31,34-39,41-71H2,1-5H3/p+1/b11-9-,17-15-,20-18-,23-21-,26-24-,29-27-,32-30-,40-33-. The van der Waals surface area contributed by atoms with Crippen LogP contribution in [0, 0.1) is 0 Å². The third kappa shape index (κ3) is 67.6. The largest absolute Gasteiger partial charge is 0.477 e. The van der Waals surface area contributed by atoms with Crippen LogP contribution in [0.2, 0.25) is 0 Å². The van der Waals surface area contributed by atoms with E-state index < -0.39 is 24.3 Å². The number of hydrogen-bond donors (Lipinski definition) is 1. The minimum absolute atomic E-state index is 0.184. The van der Waals surface area contributed by atoms with Crippen molar-refractivity contribution in [2.75, 3.05) is 47.5 Å². The Morgan fingerprint density at radius 3 is 1.00 bits per heavy atom. The van der Waals surface area contributed by atoms with E-state index in [0.29, 0.717) is 23.9 Å². The second-order valence-electron chi connectivity index (χ2n) is 24.8. The summed E-state index contributed by atoms with van der Waals surface area (Å²) in [5, 5.41) is 9.75. The summed E-state index contributed by atoms with van der Waals surface area (Å²) >= 11 is 0. The molecule has 0 heterocycles. The van der Waals surface area contributed by atoms with E-state index in [-0.39, 0.29) is 32.2 Å². The van der Waals surface area contributed by atoms with Crippen LogP contribution in [0.4, 0.5) is 0 Å². The van der Waals surface area contributed by atoms with Gasteiger partial charge in [-0.25, -0.2) is 4.79 Å². The van der Waals surface area contributed by atoms with Crippen molar-refractivity contribution >= 4 is 17.9 Å². The number of unbranched alkanes of at least 4 members (excludes halogenated alkanes) is 34. The van der Waals surface area contributed by atoms with E-state index in [0.717, 1.165) is 83.5 Å². The molecule has 0 radical (unpaired) electrons. The van der Waals surface area contributed by atoms with Crippen LogP contribution in [0.3, 0.4) is 0 Å². The Balaban J connectivity index is 4.10. The fourth-order valence-electron chi connectivity index (χ4n) is 9.93. The zero-order valence-electron chi connectivity index (χ0n) is 56.0. The van der Waals surface area contributed by atoms with Gasteiger partial charge in [-0.05, 0) is 96.3 Å². The van der Waals surface area contributed by atoms with Gasteiger partial charge in [0.2, 0.25) is 0 Å². The molecule has 0 aromatic rings. The van der Waals surface area contributed by atoms with Crippen molar-refractivity contribution in [2.24, 2.45) is 0 Å². The summed E-state index contributed by atoms with van der Waals surface area (Å²) in [6.45, 7) is 4.78. The number of allylic oxidation sites excluding steroid dienone is 16. The number of quaternary nitrogens is 1. The van der Waals surface area contributed by atoms with Crippen molar-refractivity contribution in [2.45, 2.75) is 322 Å². The van der Waals surface area contributed by atoms with Crippen molar-refractivity contribution in [1.82, 2.24) is 0 Å². The molecule has 0 rings (SSSR count). The van der Waals surface area contributed by atoms with Crippen molar-refractivity contribution in [3.8, 4) is 0 Å². The number of rotatable bonds is 65. The Hall–Kier alpha value is -3.79. The molecule has 2 unspecified atom stereocenters. The van der Waals surface area contributed by atoms with E-state index in [9.17, 15) is 19.5 Å². The van der Waals surface area contributed by atoms with E-state index in [1.807, 2.05) is 21.1 Å². The van der Waals surface area contributed by atoms with Gasteiger partial charge in [-0.1, -0.05) is 297 Å². The van der Waals surface area contributed by atoms with Crippen LogP contribution in [0.25, 0.3) is 0 Å². The zero-order valence-corrected chi connectivity index (χ0v) is 56.0. The number of hydrogen-bond acceptors (Lipinski definition) is 7. The molecule has 490 valence electrons. The molecule has 2 atom stereocenters. The molecule has 0 bridgehead atoms. The van der Waals surface area contributed by atoms with Gasteiger partial charge < -0.3 is 28.5 Å². The molecular formula is C76H134NO8+. The molecule has 0 aliphatic heterocycles. The molecule has 9 nitrogen and oxygen atoms in total. The Morgan fingerprint density at radius 1 is 0.365 bits per heavy atom. The first-order valence-corrected chi connectivity index (χ1v) is 35.4. The number of carboxylic acids is 1. The second kappa shape index (κ2) is 66.2. The molecule has 0 aromatic heterocycles. The van der Waals surface area contributed by atoms with Gasteiger partial charge in [0.1, 0.15) is 13.2 Å². The molecule has 0 amide bonds. The molecule has 0 aliphatic rings. The molecule has 0 saturated heterocycles. The Morgan fingerprint density at radius 2 is 0.671 bits per heavy atom. The van der Waals surface area contributed by atoms with Crippen LogP contribution >= 0.6 is 0 Å². The summed E-state index contributed by atoms with van der Waals surface area (Å²) in [6, 6.07) is 0. The topological polar surface area (TPSA) is 108 Å². The number of nitrogens with zero attached hydrogens (tertiary/aromatic N) is 1. The average Bonchev–Trinajstić information content (AvgIpc) is 3.48.